The zero-order valence-electron chi connectivity index (χ0n) is 12.7. The maximum Gasteiger partial charge on any atom is 0.257 e. The Balaban J connectivity index is 2.10. The van der Waals surface area contributed by atoms with Crippen molar-refractivity contribution in [1.82, 2.24) is 4.98 Å². The normalized spacial score (nSPS) is 11.2. The van der Waals surface area contributed by atoms with E-state index in [9.17, 15) is 4.79 Å². The van der Waals surface area contributed by atoms with Crippen LogP contribution in [-0.2, 0) is 5.41 Å². The predicted octanol–water partition coefficient (Wildman–Crippen LogP) is 2.88. The molecule has 3 N–H and O–H groups in total. The summed E-state index contributed by atoms with van der Waals surface area (Å²) in [5.41, 5.74) is 9.05. The first-order chi connectivity index (χ1) is 9.92. The number of nitrogens with zero attached hydrogens (tertiary/aromatic N) is 1. The molecule has 0 aliphatic carbocycles. The Morgan fingerprint density at radius 3 is 2.38 bits per heavy atom. The molecule has 110 valence electrons. The largest absolute Gasteiger partial charge is 0.330 e. The van der Waals surface area contributed by atoms with Crippen molar-refractivity contribution in [2.75, 3.05) is 11.9 Å². The second kappa shape index (κ2) is 6.06. The molecular formula is C17H21N3O. The quantitative estimate of drug-likeness (QED) is 0.906. The van der Waals surface area contributed by atoms with E-state index in [0.717, 1.165) is 16.9 Å². The van der Waals surface area contributed by atoms with E-state index in [0.29, 0.717) is 12.1 Å². The lowest BCUT2D eigenvalue weighted by Gasteiger charge is -2.23. The first-order valence-electron chi connectivity index (χ1n) is 6.97. The van der Waals surface area contributed by atoms with Gasteiger partial charge in [-0.2, -0.15) is 0 Å². The molecule has 21 heavy (non-hydrogen) atoms. The molecule has 1 amide bonds. The Bertz CT molecular complexity index is 615. The number of rotatable bonds is 4. The summed E-state index contributed by atoms with van der Waals surface area (Å²) in [6.45, 7) is 6.66. The lowest BCUT2D eigenvalue weighted by molar-refractivity contribution is 0.102. The van der Waals surface area contributed by atoms with Gasteiger partial charge in [-0.3, -0.25) is 9.78 Å². The van der Waals surface area contributed by atoms with Crippen LogP contribution < -0.4 is 11.1 Å². The van der Waals surface area contributed by atoms with Crippen molar-refractivity contribution in [1.29, 1.82) is 0 Å². The van der Waals surface area contributed by atoms with E-state index >= 15 is 0 Å². The standard InChI is InChI=1S/C17H21N3O/c1-12-4-5-13(10-19-12)16(21)20-15-8-6-14(7-9-15)17(2,3)11-18/h4-10H,11,18H2,1-3H3,(H,20,21). The molecule has 0 unspecified atom stereocenters. The van der Waals surface area contributed by atoms with Crippen LogP contribution in [0.2, 0.25) is 0 Å². The maximum absolute atomic E-state index is 12.1. The first kappa shape index (κ1) is 15.2. The van der Waals surface area contributed by atoms with Gasteiger partial charge in [0.1, 0.15) is 0 Å². The third-order valence-corrected chi connectivity index (χ3v) is 3.61. The molecule has 1 aromatic heterocycles. The van der Waals surface area contributed by atoms with Crippen molar-refractivity contribution in [2.45, 2.75) is 26.2 Å². The second-order valence-corrected chi connectivity index (χ2v) is 5.81. The van der Waals surface area contributed by atoms with Gasteiger partial charge < -0.3 is 11.1 Å². The van der Waals surface area contributed by atoms with Crippen LogP contribution >= 0.6 is 0 Å². The predicted molar refractivity (Wildman–Crippen MR) is 85.4 cm³/mol. The van der Waals surface area contributed by atoms with Crippen molar-refractivity contribution in [2.24, 2.45) is 5.73 Å². The molecule has 0 radical (unpaired) electrons. The lowest BCUT2D eigenvalue weighted by atomic mass is 9.85. The van der Waals surface area contributed by atoms with E-state index in [4.69, 9.17) is 5.73 Å². The van der Waals surface area contributed by atoms with Gasteiger partial charge in [-0.15, -0.1) is 0 Å². The molecule has 4 nitrogen and oxygen atoms in total. The molecule has 1 aromatic carbocycles. The minimum atomic E-state index is -0.159. The first-order valence-corrected chi connectivity index (χ1v) is 6.97. The molecule has 0 fully saturated rings. The fourth-order valence-electron chi connectivity index (χ4n) is 1.93. The van der Waals surface area contributed by atoms with Crippen LogP contribution in [0.25, 0.3) is 0 Å². The molecule has 4 heteroatoms. The lowest BCUT2D eigenvalue weighted by Crippen LogP contribution is -2.27. The highest BCUT2D eigenvalue weighted by Gasteiger charge is 2.18. The Kier molecular flexibility index (Phi) is 4.38. The van der Waals surface area contributed by atoms with Crippen molar-refractivity contribution in [3.05, 3.63) is 59.4 Å². The summed E-state index contributed by atoms with van der Waals surface area (Å²) < 4.78 is 0. The minimum Gasteiger partial charge on any atom is -0.330 e. The van der Waals surface area contributed by atoms with Gasteiger partial charge in [-0.25, -0.2) is 0 Å². The summed E-state index contributed by atoms with van der Waals surface area (Å²) in [7, 11) is 0. The van der Waals surface area contributed by atoms with Crippen LogP contribution in [0.15, 0.2) is 42.6 Å². The maximum atomic E-state index is 12.1. The summed E-state index contributed by atoms with van der Waals surface area (Å²) in [5.74, 6) is -0.159. The molecule has 0 aliphatic heterocycles. The zero-order chi connectivity index (χ0) is 15.5. The van der Waals surface area contributed by atoms with Crippen molar-refractivity contribution < 1.29 is 4.79 Å². The molecule has 2 rings (SSSR count). The molecule has 2 aromatic rings. The summed E-state index contributed by atoms with van der Waals surface area (Å²) in [6.07, 6.45) is 1.58. The highest BCUT2D eigenvalue weighted by Crippen LogP contribution is 2.23. The summed E-state index contributed by atoms with van der Waals surface area (Å²) in [6, 6.07) is 11.4. The van der Waals surface area contributed by atoms with E-state index < -0.39 is 0 Å². The molecule has 0 spiro atoms. The number of benzene rings is 1. The van der Waals surface area contributed by atoms with Gasteiger partial charge in [0.2, 0.25) is 0 Å². The molecule has 0 saturated carbocycles. The van der Waals surface area contributed by atoms with E-state index in [-0.39, 0.29) is 11.3 Å². The number of nitrogens with two attached hydrogens (primary N) is 1. The summed E-state index contributed by atoms with van der Waals surface area (Å²) >= 11 is 0. The molecule has 1 heterocycles. The number of hydrogen-bond acceptors (Lipinski definition) is 3. The van der Waals surface area contributed by atoms with Crippen LogP contribution in [0.3, 0.4) is 0 Å². The van der Waals surface area contributed by atoms with Crippen LogP contribution in [-0.4, -0.2) is 17.4 Å². The second-order valence-electron chi connectivity index (χ2n) is 5.81. The van der Waals surface area contributed by atoms with Crippen molar-refractivity contribution in [3.8, 4) is 0 Å². The third-order valence-electron chi connectivity index (χ3n) is 3.61. The Morgan fingerprint density at radius 1 is 1.19 bits per heavy atom. The monoisotopic (exact) mass is 283 g/mol. The van der Waals surface area contributed by atoms with Gasteiger partial charge in [0.25, 0.3) is 5.91 Å². The number of aryl methyl sites for hydroxylation is 1. The Morgan fingerprint density at radius 2 is 1.86 bits per heavy atom. The summed E-state index contributed by atoms with van der Waals surface area (Å²) in [4.78, 5) is 16.2. The number of amides is 1. The van der Waals surface area contributed by atoms with E-state index in [1.165, 1.54) is 0 Å². The average Bonchev–Trinajstić information content (AvgIpc) is 2.48. The van der Waals surface area contributed by atoms with Gasteiger partial charge in [0.15, 0.2) is 0 Å². The number of carbonyl (C=O) groups excluding carboxylic acids is 1. The van der Waals surface area contributed by atoms with E-state index in [2.05, 4.69) is 24.1 Å². The zero-order valence-corrected chi connectivity index (χ0v) is 12.7. The number of aromatic nitrogens is 1. The SMILES string of the molecule is Cc1ccc(C(=O)Nc2ccc(C(C)(C)CN)cc2)cn1. The van der Waals surface area contributed by atoms with Gasteiger partial charge in [-0.05, 0) is 36.8 Å². The minimum absolute atomic E-state index is 0.0661. The molecule has 0 aliphatic rings. The van der Waals surface area contributed by atoms with Gasteiger partial charge >= 0.3 is 0 Å². The van der Waals surface area contributed by atoms with Gasteiger partial charge in [0, 0.05) is 29.5 Å². The van der Waals surface area contributed by atoms with Crippen LogP contribution in [0.1, 0.15) is 35.5 Å². The number of hydrogen-bond donors (Lipinski definition) is 2. The fourth-order valence-corrected chi connectivity index (χ4v) is 1.93. The van der Waals surface area contributed by atoms with Crippen molar-refractivity contribution in [3.63, 3.8) is 0 Å². The fraction of sp³-hybridized carbons (Fsp3) is 0.294. The Labute approximate surface area is 125 Å². The molecular weight excluding hydrogens is 262 g/mol. The number of anilines is 1. The number of carbonyl (C=O) groups is 1. The third kappa shape index (κ3) is 3.67. The highest BCUT2D eigenvalue weighted by atomic mass is 16.1. The number of nitrogens with one attached hydrogen (secondary N) is 1. The van der Waals surface area contributed by atoms with E-state index in [1.807, 2.05) is 37.3 Å². The topological polar surface area (TPSA) is 68.0 Å². The van der Waals surface area contributed by atoms with Gasteiger partial charge in [0.05, 0.1) is 5.56 Å². The Hall–Kier alpha value is -2.20. The average molecular weight is 283 g/mol. The highest BCUT2D eigenvalue weighted by molar-refractivity contribution is 6.04. The van der Waals surface area contributed by atoms with Gasteiger partial charge in [-0.1, -0.05) is 26.0 Å². The molecule has 0 bridgehead atoms. The molecule has 0 saturated heterocycles. The van der Waals surface area contributed by atoms with Crippen molar-refractivity contribution >= 4 is 11.6 Å². The summed E-state index contributed by atoms with van der Waals surface area (Å²) in [5, 5.41) is 2.86. The van der Waals surface area contributed by atoms with Crippen LogP contribution in [0, 0.1) is 6.92 Å². The number of pyridine rings is 1. The van der Waals surface area contributed by atoms with Crippen LogP contribution in [0.4, 0.5) is 5.69 Å². The molecule has 0 atom stereocenters. The van der Waals surface area contributed by atoms with E-state index in [1.54, 1.807) is 12.3 Å². The smallest absolute Gasteiger partial charge is 0.257 e. The van der Waals surface area contributed by atoms with Crippen LogP contribution in [0.5, 0.6) is 0 Å².